The van der Waals surface area contributed by atoms with E-state index >= 15 is 0 Å². The van der Waals surface area contributed by atoms with Crippen molar-refractivity contribution in [2.75, 3.05) is 6.54 Å². The molecule has 0 aromatic heterocycles. The van der Waals surface area contributed by atoms with E-state index in [0.717, 1.165) is 12.8 Å². The fourth-order valence-corrected chi connectivity index (χ4v) is 2.56. The molecule has 2 atom stereocenters. The molecule has 116 valence electrons. The standard InChI is InChI=1S/C16H22F2N2O/c1-3-16(19,4-2)9-20-15(21)11-8-10(11)14-12(17)6-5-7-13(14)18/h5-7,10-11H,3-4,8-9,19H2,1-2H3,(H,20,21). The summed E-state index contributed by atoms with van der Waals surface area (Å²) < 4.78 is 27.3. The van der Waals surface area contributed by atoms with Gasteiger partial charge in [-0.25, -0.2) is 8.78 Å². The molecule has 1 aromatic rings. The second-order valence-electron chi connectivity index (χ2n) is 5.87. The quantitative estimate of drug-likeness (QED) is 0.848. The van der Waals surface area contributed by atoms with Crippen molar-refractivity contribution < 1.29 is 13.6 Å². The van der Waals surface area contributed by atoms with E-state index in [4.69, 9.17) is 5.73 Å². The van der Waals surface area contributed by atoms with E-state index < -0.39 is 17.2 Å². The van der Waals surface area contributed by atoms with Crippen molar-refractivity contribution in [3.63, 3.8) is 0 Å². The Morgan fingerprint density at radius 3 is 2.43 bits per heavy atom. The van der Waals surface area contributed by atoms with Crippen molar-refractivity contribution in [3.8, 4) is 0 Å². The highest BCUT2D eigenvalue weighted by atomic mass is 19.1. The van der Waals surface area contributed by atoms with Gasteiger partial charge in [0.1, 0.15) is 11.6 Å². The van der Waals surface area contributed by atoms with Crippen LogP contribution in [0.15, 0.2) is 18.2 Å². The third-order valence-electron chi connectivity index (χ3n) is 4.52. The third kappa shape index (κ3) is 3.40. The first-order valence-corrected chi connectivity index (χ1v) is 7.42. The number of rotatable bonds is 6. The average molecular weight is 296 g/mol. The maximum atomic E-state index is 13.7. The molecule has 0 radical (unpaired) electrons. The van der Waals surface area contributed by atoms with Gasteiger partial charge in [0.25, 0.3) is 0 Å². The highest BCUT2D eigenvalue weighted by Crippen LogP contribution is 2.49. The Morgan fingerprint density at radius 1 is 1.33 bits per heavy atom. The Kier molecular flexibility index (Phi) is 4.61. The lowest BCUT2D eigenvalue weighted by Crippen LogP contribution is -2.49. The van der Waals surface area contributed by atoms with Gasteiger partial charge in [-0.1, -0.05) is 19.9 Å². The normalized spacial score (nSPS) is 21.2. The highest BCUT2D eigenvalue weighted by Gasteiger charge is 2.46. The van der Waals surface area contributed by atoms with E-state index in [0.29, 0.717) is 13.0 Å². The first-order chi connectivity index (χ1) is 9.91. The van der Waals surface area contributed by atoms with Gasteiger partial charge in [0, 0.05) is 29.5 Å². The first kappa shape index (κ1) is 15.9. The van der Waals surface area contributed by atoms with Crippen LogP contribution in [0.3, 0.4) is 0 Å². The number of nitrogens with two attached hydrogens (primary N) is 1. The molecule has 2 rings (SSSR count). The van der Waals surface area contributed by atoms with Gasteiger partial charge in [0.2, 0.25) is 5.91 Å². The predicted molar refractivity (Wildman–Crippen MR) is 77.7 cm³/mol. The SMILES string of the molecule is CCC(N)(CC)CNC(=O)C1CC1c1c(F)cccc1F. The highest BCUT2D eigenvalue weighted by molar-refractivity contribution is 5.83. The molecule has 3 nitrogen and oxygen atoms in total. The number of carbonyl (C=O) groups is 1. The minimum Gasteiger partial charge on any atom is -0.354 e. The summed E-state index contributed by atoms with van der Waals surface area (Å²) in [6.07, 6.45) is 2.01. The van der Waals surface area contributed by atoms with Crippen molar-refractivity contribution in [1.82, 2.24) is 5.32 Å². The minimum atomic E-state index is -0.578. The fraction of sp³-hybridized carbons (Fsp3) is 0.562. The lowest BCUT2D eigenvalue weighted by Gasteiger charge is -2.26. The fourth-order valence-electron chi connectivity index (χ4n) is 2.56. The molecule has 0 bridgehead atoms. The Labute approximate surface area is 123 Å². The molecule has 2 unspecified atom stereocenters. The van der Waals surface area contributed by atoms with Crippen LogP contribution in [0.2, 0.25) is 0 Å². The van der Waals surface area contributed by atoms with E-state index in [1.807, 2.05) is 13.8 Å². The lowest BCUT2D eigenvalue weighted by molar-refractivity contribution is -0.122. The number of nitrogens with one attached hydrogen (secondary N) is 1. The van der Waals surface area contributed by atoms with Gasteiger partial charge in [-0.15, -0.1) is 0 Å². The molecule has 21 heavy (non-hydrogen) atoms. The average Bonchev–Trinajstić information content (AvgIpc) is 3.24. The Bertz CT molecular complexity index is 509. The summed E-state index contributed by atoms with van der Waals surface area (Å²) in [5.74, 6) is -2.04. The zero-order valence-corrected chi connectivity index (χ0v) is 12.5. The molecule has 1 fully saturated rings. The summed E-state index contributed by atoms with van der Waals surface area (Å²) in [5, 5.41) is 2.82. The Balaban J connectivity index is 1.96. The maximum Gasteiger partial charge on any atom is 0.223 e. The molecule has 3 N–H and O–H groups in total. The van der Waals surface area contributed by atoms with Crippen LogP contribution < -0.4 is 11.1 Å². The molecule has 1 saturated carbocycles. The molecule has 5 heteroatoms. The molecule has 0 aliphatic heterocycles. The van der Waals surface area contributed by atoms with Crippen LogP contribution in [-0.2, 0) is 4.79 Å². The minimum absolute atomic E-state index is 0.0302. The van der Waals surface area contributed by atoms with Crippen LogP contribution >= 0.6 is 0 Å². The number of hydrogen-bond donors (Lipinski definition) is 2. The zero-order valence-electron chi connectivity index (χ0n) is 12.5. The summed E-state index contributed by atoms with van der Waals surface area (Å²) in [5.41, 5.74) is 5.74. The van der Waals surface area contributed by atoms with Crippen LogP contribution in [0, 0.1) is 17.6 Å². The van der Waals surface area contributed by atoms with E-state index in [1.54, 1.807) is 0 Å². The van der Waals surface area contributed by atoms with Crippen molar-refractivity contribution >= 4 is 5.91 Å². The second kappa shape index (κ2) is 6.10. The van der Waals surface area contributed by atoms with E-state index in [2.05, 4.69) is 5.32 Å². The van der Waals surface area contributed by atoms with Crippen LogP contribution in [0.4, 0.5) is 8.78 Å². The second-order valence-corrected chi connectivity index (χ2v) is 5.87. The summed E-state index contributed by atoms with van der Waals surface area (Å²) in [7, 11) is 0. The predicted octanol–water partition coefficient (Wildman–Crippen LogP) is 2.70. The first-order valence-electron chi connectivity index (χ1n) is 7.42. The molecule has 0 spiro atoms. The van der Waals surface area contributed by atoms with Crippen molar-refractivity contribution in [3.05, 3.63) is 35.4 Å². The zero-order chi connectivity index (χ0) is 15.6. The number of hydrogen-bond acceptors (Lipinski definition) is 2. The van der Waals surface area contributed by atoms with Gasteiger partial charge in [0.05, 0.1) is 0 Å². The van der Waals surface area contributed by atoms with E-state index in [1.165, 1.54) is 18.2 Å². The summed E-state index contributed by atoms with van der Waals surface area (Å²) in [6, 6.07) is 3.78. The van der Waals surface area contributed by atoms with E-state index in [9.17, 15) is 13.6 Å². The number of carbonyl (C=O) groups excluding carboxylic acids is 1. The van der Waals surface area contributed by atoms with Gasteiger partial charge in [-0.2, -0.15) is 0 Å². The molecule has 1 aliphatic rings. The smallest absolute Gasteiger partial charge is 0.223 e. The lowest BCUT2D eigenvalue weighted by atomic mass is 9.94. The monoisotopic (exact) mass is 296 g/mol. The topological polar surface area (TPSA) is 55.1 Å². The van der Waals surface area contributed by atoms with Gasteiger partial charge in [0.15, 0.2) is 0 Å². The summed E-state index contributed by atoms with van der Waals surface area (Å²) >= 11 is 0. The molecule has 0 heterocycles. The third-order valence-corrected chi connectivity index (χ3v) is 4.52. The van der Waals surface area contributed by atoms with Crippen LogP contribution in [-0.4, -0.2) is 18.0 Å². The number of halogens is 2. The molecule has 0 saturated heterocycles. The summed E-state index contributed by atoms with van der Waals surface area (Å²) in [6.45, 7) is 4.34. The van der Waals surface area contributed by atoms with Crippen LogP contribution in [0.1, 0.15) is 44.6 Å². The maximum absolute atomic E-state index is 13.7. The molecular formula is C16H22F2N2O. The van der Waals surface area contributed by atoms with Crippen LogP contribution in [0.25, 0.3) is 0 Å². The van der Waals surface area contributed by atoms with Crippen LogP contribution in [0.5, 0.6) is 0 Å². The van der Waals surface area contributed by atoms with Gasteiger partial charge in [-0.05, 0) is 31.4 Å². The van der Waals surface area contributed by atoms with Crippen molar-refractivity contribution in [2.24, 2.45) is 11.7 Å². The largest absolute Gasteiger partial charge is 0.354 e. The van der Waals surface area contributed by atoms with E-state index in [-0.39, 0.29) is 23.3 Å². The molecule has 1 aliphatic carbocycles. The number of benzene rings is 1. The van der Waals surface area contributed by atoms with Gasteiger partial charge >= 0.3 is 0 Å². The Hall–Kier alpha value is -1.49. The molecule has 1 amide bonds. The molecule has 1 aromatic carbocycles. The molecular weight excluding hydrogens is 274 g/mol. The van der Waals surface area contributed by atoms with Crippen molar-refractivity contribution in [1.29, 1.82) is 0 Å². The number of amides is 1. The van der Waals surface area contributed by atoms with Gasteiger partial charge < -0.3 is 11.1 Å². The summed E-state index contributed by atoms with van der Waals surface area (Å²) in [4.78, 5) is 12.1. The van der Waals surface area contributed by atoms with Crippen molar-refractivity contribution in [2.45, 2.75) is 44.6 Å². The van der Waals surface area contributed by atoms with Gasteiger partial charge in [-0.3, -0.25) is 4.79 Å². The Morgan fingerprint density at radius 2 is 1.90 bits per heavy atom.